The van der Waals surface area contributed by atoms with Gasteiger partial charge in [-0.1, -0.05) is 0 Å². The van der Waals surface area contributed by atoms with Crippen LogP contribution in [0.5, 0.6) is 5.75 Å². The summed E-state index contributed by atoms with van der Waals surface area (Å²) in [7, 11) is 1.69. The van der Waals surface area contributed by atoms with Gasteiger partial charge in [-0.15, -0.1) is 0 Å². The zero-order valence-electron chi connectivity index (χ0n) is 11.7. The highest BCUT2D eigenvalue weighted by Crippen LogP contribution is 2.32. The number of fused-ring (bicyclic) bond motifs is 1. The summed E-state index contributed by atoms with van der Waals surface area (Å²) >= 11 is 3.55. The van der Waals surface area contributed by atoms with Crippen LogP contribution in [-0.4, -0.2) is 22.7 Å². The Kier molecular flexibility index (Phi) is 3.56. The van der Waals surface area contributed by atoms with Crippen LogP contribution in [0.2, 0.25) is 0 Å². The Balaban J connectivity index is 2.07. The van der Waals surface area contributed by atoms with E-state index in [9.17, 15) is 0 Å². The van der Waals surface area contributed by atoms with Crippen molar-refractivity contribution in [2.75, 3.05) is 7.11 Å². The van der Waals surface area contributed by atoms with Crippen molar-refractivity contribution in [1.82, 2.24) is 9.55 Å². The van der Waals surface area contributed by atoms with Gasteiger partial charge in [-0.3, -0.25) is 0 Å². The van der Waals surface area contributed by atoms with Gasteiger partial charge in [0.25, 0.3) is 0 Å². The van der Waals surface area contributed by atoms with Crippen molar-refractivity contribution in [3.8, 4) is 17.0 Å². The molecular formula is C15H18BrN3O. The fourth-order valence-corrected chi connectivity index (χ4v) is 3.34. The summed E-state index contributed by atoms with van der Waals surface area (Å²) in [6, 6.07) is 6.41. The molecule has 0 aliphatic carbocycles. The number of nitrogens with two attached hydrogens (primary N) is 1. The molecule has 0 radical (unpaired) electrons. The number of ether oxygens (including phenoxy) is 1. The second kappa shape index (κ2) is 5.22. The first-order valence-electron chi connectivity index (χ1n) is 6.75. The van der Waals surface area contributed by atoms with Gasteiger partial charge in [-0.25, -0.2) is 4.98 Å². The van der Waals surface area contributed by atoms with E-state index in [0.717, 1.165) is 46.7 Å². The maximum atomic E-state index is 6.04. The van der Waals surface area contributed by atoms with Crippen LogP contribution < -0.4 is 10.5 Å². The molecule has 1 aliphatic rings. The molecule has 0 saturated carbocycles. The van der Waals surface area contributed by atoms with Crippen LogP contribution in [0.3, 0.4) is 0 Å². The molecule has 4 nitrogen and oxygen atoms in total. The SMILES string of the molecule is COc1ccc(-c2nc(Br)n3c2CCC(N)C3)cc1C. The van der Waals surface area contributed by atoms with Crippen LogP contribution in [0, 0.1) is 6.92 Å². The molecule has 0 bridgehead atoms. The number of halogens is 1. The monoisotopic (exact) mass is 335 g/mol. The van der Waals surface area contributed by atoms with Crippen molar-refractivity contribution in [2.45, 2.75) is 32.4 Å². The Morgan fingerprint density at radius 3 is 2.95 bits per heavy atom. The van der Waals surface area contributed by atoms with Gasteiger partial charge in [0.05, 0.1) is 12.8 Å². The standard InChI is InChI=1S/C15H18BrN3O/c1-9-7-10(3-6-13(9)20-2)14-12-5-4-11(17)8-19(12)15(16)18-14/h3,6-7,11H,4-5,8,17H2,1-2H3. The van der Waals surface area contributed by atoms with E-state index in [2.05, 4.69) is 44.5 Å². The third-order valence-corrected chi connectivity index (χ3v) is 4.47. The lowest BCUT2D eigenvalue weighted by atomic mass is 10.0. The topological polar surface area (TPSA) is 53.1 Å². The number of rotatable bonds is 2. The molecule has 3 rings (SSSR count). The molecule has 2 heterocycles. The smallest absolute Gasteiger partial charge is 0.177 e. The van der Waals surface area contributed by atoms with Gasteiger partial charge < -0.3 is 15.0 Å². The number of benzene rings is 1. The van der Waals surface area contributed by atoms with Crippen LogP contribution in [0.4, 0.5) is 0 Å². The van der Waals surface area contributed by atoms with Crippen LogP contribution in [0.1, 0.15) is 17.7 Å². The molecule has 2 aromatic rings. The number of aromatic nitrogens is 2. The van der Waals surface area contributed by atoms with Crippen molar-refractivity contribution in [2.24, 2.45) is 5.73 Å². The van der Waals surface area contributed by atoms with Crippen LogP contribution >= 0.6 is 15.9 Å². The normalized spacial score (nSPS) is 17.9. The quantitative estimate of drug-likeness (QED) is 0.917. The van der Waals surface area contributed by atoms with Crippen LogP contribution in [0.25, 0.3) is 11.3 Å². The average Bonchev–Trinajstić information content (AvgIpc) is 2.76. The lowest BCUT2D eigenvalue weighted by molar-refractivity contribution is 0.412. The number of nitrogens with zero attached hydrogens (tertiary/aromatic N) is 2. The first-order valence-corrected chi connectivity index (χ1v) is 7.55. The fraction of sp³-hybridized carbons (Fsp3) is 0.400. The third-order valence-electron chi connectivity index (χ3n) is 3.86. The number of aryl methyl sites for hydroxylation is 1. The summed E-state index contributed by atoms with van der Waals surface area (Å²) in [5, 5.41) is 0. The van der Waals surface area contributed by atoms with Gasteiger partial charge in [0, 0.05) is 23.8 Å². The minimum atomic E-state index is 0.221. The highest BCUT2D eigenvalue weighted by Gasteiger charge is 2.23. The van der Waals surface area contributed by atoms with E-state index < -0.39 is 0 Å². The minimum Gasteiger partial charge on any atom is -0.496 e. The summed E-state index contributed by atoms with van der Waals surface area (Å²) in [6.45, 7) is 2.88. The Morgan fingerprint density at radius 2 is 2.25 bits per heavy atom. The molecule has 1 aromatic carbocycles. The van der Waals surface area contributed by atoms with Crippen LogP contribution in [0.15, 0.2) is 22.9 Å². The molecule has 1 unspecified atom stereocenters. The Morgan fingerprint density at radius 1 is 1.45 bits per heavy atom. The van der Waals surface area contributed by atoms with Crippen molar-refractivity contribution < 1.29 is 4.74 Å². The minimum absolute atomic E-state index is 0.221. The molecule has 1 aromatic heterocycles. The van der Waals surface area contributed by atoms with E-state index in [-0.39, 0.29) is 6.04 Å². The zero-order valence-corrected chi connectivity index (χ0v) is 13.3. The first kappa shape index (κ1) is 13.6. The van der Waals surface area contributed by atoms with Gasteiger partial charge in [-0.05, 0) is 59.5 Å². The Bertz CT molecular complexity index is 651. The van der Waals surface area contributed by atoms with E-state index in [1.54, 1.807) is 7.11 Å². The molecule has 5 heteroatoms. The van der Waals surface area contributed by atoms with E-state index in [1.807, 2.05) is 6.07 Å². The highest BCUT2D eigenvalue weighted by atomic mass is 79.9. The molecule has 0 saturated heterocycles. The van der Waals surface area contributed by atoms with Gasteiger partial charge in [0.15, 0.2) is 4.73 Å². The van der Waals surface area contributed by atoms with Crippen LogP contribution in [-0.2, 0) is 13.0 Å². The molecule has 0 amide bonds. The molecule has 1 atom stereocenters. The number of methoxy groups -OCH3 is 1. The number of imidazole rings is 1. The number of hydrogen-bond acceptors (Lipinski definition) is 3. The van der Waals surface area contributed by atoms with E-state index in [0.29, 0.717) is 0 Å². The van der Waals surface area contributed by atoms with E-state index >= 15 is 0 Å². The lowest BCUT2D eigenvalue weighted by Crippen LogP contribution is -2.31. The molecule has 20 heavy (non-hydrogen) atoms. The summed E-state index contributed by atoms with van der Waals surface area (Å²) in [4.78, 5) is 4.68. The van der Waals surface area contributed by atoms with Crippen molar-refractivity contribution in [3.63, 3.8) is 0 Å². The summed E-state index contributed by atoms with van der Waals surface area (Å²) in [6.07, 6.45) is 1.99. The largest absolute Gasteiger partial charge is 0.496 e. The van der Waals surface area contributed by atoms with Gasteiger partial charge in [0.1, 0.15) is 5.75 Å². The molecule has 0 fully saturated rings. The average molecular weight is 336 g/mol. The molecular weight excluding hydrogens is 318 g/mol. The third kappa shape index (κ3) is 2.25. The van der Waals surface area contributed by atoms with Crippen molar-refractivity contribution in [1.29, 1.82) is 0 Å². The van der Waals surface area contributed by atoms with Gasteiger partial charge in [0.2, 0.25) is 0 Å². The fourth-order valence-electron chi connectivity index (χ4n) is 2.80. The Labute approximate surface area is 127 Å². The molecule has 106 valence electrons. The first-order chi connectivity index (χ1) is 9.60. The predicted molar refractivity (Wildman–Crippen MR) is 82.9 cm³/mol. The summed E-state index contributed by atoms with van der Waals surface area (Å²) in [5.74, 6) is 0.905. The predicted octanol–water partition coefficient (Wildman–Crippen LogP) is 2.90. The van der Waals surface area contributed by atoms with E-state index in [4.69, 9.17) is 10.5 Å². The second-order valence-corrected chi connectivity index (χ2v) is 5.98. The van der Waals surface area contributed by atoms with E-state index in [1.165, 1.54) is 5.69 Å². The maximum Gasteiger partial charge on any atom is 0.177 e. The maximum absolute atomic E-state index is 6.04. The summed E-state index contributed by atoms with van der Waals surface area (Å²) < 4.78 is 8.37. The molecule has 0 spiro atoms. The summed E-state index contributed by atoms with van der Waals surface area (Å²) in [5.41, 5.74) is 10.6. The highest BCUT2D eigenvalue weighted by molar-refractivity contribution is 9.10. The second-order valence-electron chi connectivity index (χ2n) is 5.27. The van der Waals surface area contributed by atoms with Gasteiger partial charge in [-0.2, -0.15) is 0 Å². The molecule has 2 N–H and O–H groups in total. The zero-order chi connectivity index (χ0) is 14.3. The van der Waals surface area contributed by atoms with Gasteiger partial charge >= 0.3 is 0 Å². The lowest BCUT2D eigenvalue weighted by Gasteiger charge is -2.22. The number of hydrogen-bond donors (Lipinski definition) is 1. The van der Waals surface area contributed by atoms with Crippen molar-refractivity contribution in [3.05, 3.63) is 34.2 Å². The Hall–Kier alpha value is -1.33. The van der Waals surface area contributed by atoms with Crippen molar-refractivity contribution >= 4 is 15.9 Å². The molecule has 1 aliphatic heterocycles.